The Balaban J connectivity index is 1.87. The number of hydrogen-bond acceptors (Lipinski definition) is 2. The summed E-state index contributed by atoms with van der Waals surface area (Å²) in [5, 5.41) is 0. The van der Waals surface area contributed by atoms with Crippen molar-refractivity contribution in [3.63, 3.8) is 0 Å². The van der Waals surface area contributed by atoms with Crippen molar-refractivity contribution in [3.8, 4) is 0 Å². The third kappa shape index (κ3) is 3.33. The van der Waals surface area contributed by atoms with Crippen LogP contribution in [0.1, 0.15) is 38.2 Å². The molecular formula is C15H21NO2. The topological polar surface area (TPSA) is 29.5 Å². The molecule has 0 unspecified atom stereocenters. The zero-order valence-electron chi connectivity index (χ0n) is 11.0. The molecule has 18 heavy (non-hydrogen) atoms. The molecule has 0 bridgehead atoms. The Labute approximate surface area is 109 Å². The molecule has 1 aromatic rings. The van der Waals surface area contributed by atoms with E-state index in [9.17, 15) is 4.79 Å². The molecule has 0 aromatic heterocycles. The zero-order chi connectivity index (χ0) is 12.8. The smallest absolute Gasteiger partial charge is 0.254 e. The third-order valence-corrected chi connectivity index (χ3v) is 3.31. The Morgan fingerprint density at radius 3 is 2.56 bits per heavy atom. The number of rotatable bonds is 6. The van der Waals surface area contributed by atoms with E-state index in [1.54, 1.807) is 4.90 Å². The van der Waals surface area contributed by atoms with Crippen LogP contribution < -0.4 is 4.90 Å². The van der Waals surface area contributed by atoms with Crippen molar-refractivity contribution in [2.24, 2.45) is 0 Å². The fourth-order valence-electron chi connectivity index (χ4n) is 2.19. The first-order valence-electron chi connectivity index (χ1n) is 6.78. The normalized spacial score (nSPS) is 15.4. The molecule has 1 aromatic carbocycles. The quantitative estimate of drug-likeness (QED) is 0.723. The SMILES string of the molecule is CCCCCCc1ccc(N2COCC2=O)cc1. The standard InChI is InChI=1S/C15H21NO2/c1-2-3-4-5-6-13-7-9-14(10-8-13)16-12-18-11-15(16)17/h7-10H,2-6,11-12H2,1H3. The number of unbranched alkanes of at least 4 members (excludes halogenated alkanes) is 3. The largest absolute Gasteiger partial charge is 0.351 e. The number of anilines is 1. The monoisotopic (exact) mass is 247 g/mol. The summed E-state index contributed by atoms with van der Waals surface area (Å²) in [5.74, 6) is 0.0469. The number of carbonyl (C=O) groups excluding carboxylic acids is 1. The van der Waals surface area contributed by atoms with Gasteiger partial charge in [-0.1, -0.05) is 38.3 Å². The molecule has 0 radical (unpaired) electrons. The molecule has 0 spiro atoms. The number of ether oxygens (including phenoxy) is 1. The summed E-state index contributed by atoms with van der Waals surface area (Å²) in [6, 6.07) is 8.27. The van der Waals surface area contributed by atoms with Crippen LogP contribution in [0.3, 0.4) is 0 Å². The van der Waals surface area contributed by atoms with Crippen LogP contribution in [0.5, 0.6) is 0 Å². The van der Waals surface area contributed by atoms with Crippen LogP contribution in [0.25, 0.3) is 0 Å². The van der Waals surface area contributed by atoms with Gasteiger partial charge in [0.05, 0.1) is 0 Å². The van der Waals surface area contributed by atoms with Gasteiger partial charge in [0.25, 0.3) is 5.91 Å². The van der Waals surface area contributed by atoms with E-state index in [0.29, 0.717) is 6.73 Å². The molecule has 1 aliphatic rings. The Morgan fingerprint density at radius 2 is 1.94 bits per heavy atom. The van der Waals surface area contributed by atoms with Gasteiger partial charge in [-0.25, -0.2) is 0 Å². The predicted octanol–water partition coefficient (Wildman–Crippen LogP) is 3.13. The summed E-state index contributed by atoms with van der Waals surface area (Å²) in [6.07, 6.45) is 6.27. The molecule has 1 fully saturated rings. The van der Waals surface area contributed by atoms with Crippen LogP contribution in [-0.4, -0.2) is 19.2 Å². The summed E-state index contributed by atoms with van der Waals surface area (Å²) < 4.78 is 5.12. The number of nitrogens with zero attached hydrogens (tertiary/aromatic N) is 1. The molecular weight excluding hydrogens is 226 g/mol. The molecule has 98 valence electrons. The van der Waals surface area contributed by atoms with Gasteiger partial charge in [-0.15, -0.1) is 0 Å². The third-order valence-electron chi connectivity index (χ3n) is 3.31. The molecule has 1 heterocycles. The number of amides is 1. The number of benzene rings is 1. The van der Waals surface area contributed by atoms with Gasteiger partial charge in [-0.3, -0.25) is 9.69 Å². The first kappa shape index (κ1) is 13.1. The average molecular weight is 247 g/mol. The Hall–Kier alpha value is -1.35. The van der Waals surface area contributed by atoms with Gasteiger partial charge in [-0.2, -0.15) is 0 Å². The lowest BCUT2D eigenvalue weighted by molar-refractivity contribution is -0.117. The summed E-state index contributed by atoms with van der Waals surface area (Å²) in [7, 11) is 0. The predicted molar refractivity (Wildman–Crippen MR) is 72.6 cm³/mol. The van der Waals surface area contributed by atoms with Gasteiger partial charge >= 0.3 is 0 Å². The fraction of sp³-hybridized carbons (Fsp3) is 0.533. The van der Waals surface area contributed by atoms with Gasteiger partial charge in [0, 0.05) is 5.69 Å². The van der Waals surface area contributed by atoms with Crippen molar-refractivity contribution < 1.29 is 9.53 Å². The van der Waals surface area contributed by atoms with Gasteiger partial charge in [0.1, 0.15) is 13.3 Å². The molecule has 0 N–H and O–H groups in total. The number of carbonyl (C=O) groups is 1. The molecule has 0 aliphatic carbocycles. The number of hydrogen-bond donors (Lipinski definition) is 0. The van der Waals surface area contributed by atoms with E-state index < -0.39 is 0 Å². The second kappa shape index (κ2) is 6.55. The molecule has 0 atom stereocenters. The van der Waals surface area contributed by atoms with Crippen LogP contribution >= 0.6 is 0 Å². The molecule has 2 rings (SSSR count). The highest BCUT2D eigenvalue weighted by molar-refractivity contribution is 5.95. The van der Waals surface area contributed by atoms with Crippen molar-refractivity contribution in [1.29, 1.82) is 0 Å². The lowest BCUT2D eigenvalue weighted by atomic mass is 10.1. The Bertz CT molecular complexity index is 386. The Morgan fingerprint density at radius 1 is 1.17 bits per heavy atom. The highest BCUT2D eigenvalue weighted by Gasteiger charge is 2.21. The fourth-order valence-corrected chi connectivity index (χ4v) is 2.19. The van der Waals surface area contributed by atoms with E-state index in [1.165, 1.54) is 31.2 Å². The zero-order valence-corrected chi connectivity index (χ0v) is 11.0. The maximum absolute atomic E-state index is 11.5. The van der Waals surface area contributed by atoms with Crippen molar-refractivity contribution >= 4 is 11.6 Å². The lowest BCUT2D eigenvalue weighted by Gasteiger charge is -2.14. The van der Waals surface area contributed by atoms with Gasteiger partial charge in [0.15, 0.2) is 0 Å². The minimum atomic E-state index is 0.0469. The van der Waals surface area contributed by atoms with Crippen LogP contribution in [0.2, 0.25) is 0 Å². The lowest BCUT2D eigenvalue weighted by Crippen LogP contribution is -2.24. The second-order valence-corrected chi connectivity index (χ2v) is 4.78. The van der Waals surface area contributed by atoms with Crippen molar-refractivity contribution in [2.45, 2.75) is 39.0 Å². The molecule has 0 saturated carbocycles. The van der Waals surface area contributed by atoms with Crippen molar-refractivity contribution in [3.05, 3.63) is 29.8 Å². The van der Waals surface area contributed by atoms with Crippen LogP contribution in [-0.2, 0) is 16.0 Å². The maximum atomic E-state index is 11.5. The van der Waals surface area contributed by atoms with Gasteiger partial charge in [-0.05, 0) is 30.5 Å². The summed E-state index contributed by atoms with van der Waals surface area (Å²) >= 11 is 0. The summed E-state index contributed by atoms with van der Waals surface area (Å²) in [6.45, 7) is 2.82. The highest BCUT2D eigenvalue weighted by Crippen LogP contribution is 2.19. The highest BCUT2D eigenvalue weighted by atomic mass is 16.5. The summed E-state index contributed by atoms with van der Waals surface area (Å²) in [5.41, 5.74) is 2.29. The van der Waals surface area contributed by atoms with Crippen molar-refractivity contribution in [1.82, 2.24) is 0 Å². The van der Waals surface area contributed by atoms with Crippen LogP contribution in [0.15, 0.2) is 24.3 Å². The maximum Gasteiger partial charge on any atom is 0.254 e. The van der Waals surface area contributed by atoms with Gasteiger partial charge in [0.2, 0.25) is 0 Å². The van der Waals surface area contributed by atoms with Crippen LogP contribution in [0, 0.1) is 0 Å². The molecule has 3 nitrogen and oxygen atoms in total. The first-order valence-corrected chi connectivity index (χ1v) is 6.78. The molecule has 1 aliphatic heterocycles. The van der Waals surface area contributed by atoms with E-state index in [-0.39, 0.29) is 12.5 Å². The minimum Gasteiger partial charge on any atom is -0.351 e. The second-order valence-electron chi connectivity index (χ2n) is 4.78. The first-order chi connectivity index (χ1) is 8.81. The van der Waals surface area contributed by atoms with E-state index in [1.807, 2.05) is 12.1 Å². The number of aryl methyl sites for hydroxylation is 1. The molecule has 3 heteroatoms. The molecule has 1 amide bonds. The van der Waals surface area contributed by atoms with E-state index in [4.69, 9.17) is 4.74 Å². The minimum absolute atomic E-state index is 0.0469. The molecule has 1 saturated heterocycles. The summed E-state index contributed by atoms with van der Waals surface area (Å²) in [4.78, 5) is 13.2. The Kier molecular flexibility index (Phi) is 4.76. The van der Waals surface area contributed by atoms with E-state index in [2.05, 4.69) is 19.1 Å². The van der Waals surface area contributed by atoms with Crippen LogP contribution in [0.4, 0.5) is 5.69 Å². The van der Waals surface area contributed by atoms with E-state index in [0.717, 1.165) is 12.1 Å². The average Bonchev–Trinajstić information content (AvgIpc) is 2.82. The van der Waals surface area contributed by atoms with Gasteiger partial charge < -0.3 is 4.74 Å². The van der Waals surface area contributed by atoms with Crippen molar-refractivity contribution in [2.75, 3.05) is 18.2 Å². The van der Waals surface area contributed by atoms with E-state index >= 15 is 0 Å².